The van der Waals surface area contributed by atoms with Gasteiger partial charge in [-0.15, -0.1) is 16.8 Å². The summed E-state index contributed by atoms with van der Waals surface area (Å²) >= 11 is 1.15. The van der Waals surface area contributed by atoms with E-state index in [-0.39, 0.29) is 29.7 Å². The molecule has 0 spiro atoms. The lowest BCUT2D eigenvalue weighted by Crippen LogP contribution is -2.19. The van der Waals surface area contributed by atoms with Gasteiger partial charge in [-0.05, 0) is 31.0 Å². The Labute approximate surface area is 207 Å². The van der Waals surface area contributed by atoms with Gasteiger partial charge in [-0.2, -0.15) is 0 Å². The van der Waals surface area contributed by atoms with Gasteiger partial charge in [-0.25, -0.2) is 0 Å². The fourth-order valence-electron chi connectivity index (χ4n) is 3.37. The molecule has 11 heteroatoms. The van der Waals surface area contributed by atoms with Crippen LogP contribution in [-0.4, -0.2) is 37.3 Å². The van der Waals surface area contributed by atoms with Gasteiger partial charge in [-0.1, -0.05) is 49.0 Å². The molecule has 3 rings (SSSR count). The van der Waals surface area contributed by atoms with Crippen LogP contribution in [0.2, 0.25) is 0 Å². The van der Waals surface area contributed by atoms with Crippen LogP contribution in [0.1, 0.15) is 23.9 Å². The molecule has 2 aromatic carbocycles. The summed E-state index contributed by atoms with van der Waals surface area (Å²) in [6, 6.07) is 12.1. The van der Waals surface area contributed by atoms with Crippen LogP contribution in [0.25, 0.3) is 0 Å². The third-order valence-corrected chi connectivity index (χ3v) is 6.08. The van der Waals surface area contributed by atoms with Gasteiger partial charge in [0.1, 0.15) is 5.82 Å². The molecule has 1 aromatic heterocycles. The zero-order valence-corrected chi connectivity index (χ0v) is 20.3. The number of hydrogen-bond acceptors (Lipinski definition) is 7. The monoisotopic (exact) mass is 494 g/mol. The molecule has 0 atom stereocenters. The van der Waals surface area contributed by atoms with Gasteiger partial charge in [-0.3, -0.25) is 19.7 Å². The smallest absolute Gasteiger partial charge is 0.274 e. The number of hydrogen-bond donors (Lipinski definition) is 2. The Bertz CT molecular complexity index is 1260. The molecule has 0 aliphatic heterocycles. The fraction of sp³-hybridized carbons (Fsp3) is 0.250. The molecule has 0 unspecified atom stereocenters. The Balaban J connectivity index is 1.64. The van der Waals surface area contributed by atoms with Crippen LogP contribution >= 0.6 is 11.8 Å². The Morgan fingerprint density at radius 1 is 1.17 bits per heavy atom. The highest BCUT2D eigenvalue weighted by Crippen LogP contribution is 2.23. The minimum absolute atomic E-state index is 0.00697. The lowest BCUT2D eigenvalue weighted by molar-refractivity contribution is -0.385. The number of carbonyl (C=O) groups is 2. The van der Waals surface area contributed by atoms with Crippen LogP contribution in [0.5, 0.6) is 0 Å². The third-order valence-electron chi connectivity index (χ3n) is 5.12. The SMILES string of the molecule is C=CCn1c(CC(=O)Nc2ccccc2CC)nnc1SCC(=O)Nc1ccc(C)c([N+](=O)[O-])c1. The molecular weight excluding hydrogens is 468 g/mol. The van der Waals surface area contributed by atoms with E-state index in [9.17, 15) is 19.7 Å². The van der Waals surface area contributed by atoms with Crippen LogP contribution in [-0.2, 0) is 29.0 Å². The number of aryl methyl sites for hydroxylation is 2. The summed E-state index contributed by atoms with van der Waals surface area (Å²) in [6.45, 7) is 7.77. The number of nitro benzene ring substituents is 1. The van der Waals surface area contributed by atoms with Gasteiger partial charge in [0.05, 0.1) is 17.1 Å². The molecule has 182 valence electrons. The van der Waals surface area contributed by atoms with Crippen molar-refractivity contribution in [2.75, 3.05) is 16.4 Å². The van der Waals surface area contributed by atoms with Crippen molar-refractivity contribution in [1.29, 1.82) is 0 Å². The Morgan fingerprint density at radius 3 is 2.66 bits per heavy atom. The van der Waals surface area contributed by atoms with E-state index < -0.39 is 4.92 Å². The van der Waals surface area contributed by atoms with Crippen molar-refractivity contribution in [3.63, 3.8) is 0 Å². The molecule has 2 amide bonds. The highest BCUT2D eigenvalue weighted by molar-refractivity contribution is 7.99. The molecule has 0 aliphatic rings. The van der Waals surface area contributed by atoms with Gasteiger partial charge >= 0.3 is 0 Å². The Kier molecular flexibility index (Phi) is 8.74. The van der Waals surface area contributed by atoms with Crippen LogP contribution in [0.15, 0.2) is 60.3 Å². The van der Waals surface area contributed by atoms with E-state index in [1.807, 2.05) is 31.2 Å². The number of nitrogens with zero attached hydrogens (tertiary/aromatic N) is 4. The molecule has 0 fully saturated rings. The highest BCUT2D eigenvalue weighted by atomic mass is 32.2. The second-order valence-electron chi connectivity index (χ2n) is 7.63. The normalized spacial score (nSPS) is 10.6. The van der Waals surface area contributed by atoms with Gasteiger partial charge in [0.25, 0.3) is 5.69 Å². The van der Waals surface area contributed by atoms with E-state index >= 15 is 0 Å². The molecule has 0 bridgehead atoms. The van der Waals surface area contributed by atoms with Crippen molar-refractivity contribution < 1.29 is 14.5 Å². The molecule has 0 saturated heterocycles. The van der Waals surface area contributed by atoms with E-state index in [0.717, 1.165) is 29.4 Å². The quantitative estimate of drug-likeness (QED) is 0.177. The number of nitrogens with one attached hydrogen (secondary N) is 2. The van der Waals surface area contributed by atoms with E-state index in [1.165, 1.54) is 6.07 Å². The van der Waals surface area contributed by atoms with Crippen LogP contribution < -0.4 is 10.6 Å². The van der Waals surface area contributed by atoms with Crippen molar-refractivity contribution in [1.82, 2.24) is 14.8 Å². The van der Waals surface area contributed by atoms with E-state index in [1.54, 1.807) is 29.7 Å². The first kappa shape index (κ1) is 25.6. The summed E-state index contributed by atoms with van der Waals surface area (Å²) in [4.78, 5) is 35.7. The molecule has 0 radical (unpaired) electrons. The number of benzene rings is 2. The van der Waals surface area contributed by atoms with Gasteiger partial charge in [0.15, 0.2) is 5.16 Å². The van der Waals surface area contributed by atoms with Crippen LogP contribution in [0.4, 0.5) is 17.1 Å². The number of anilines is 2. The number of nitro groups is 1. The van der Waals surface area contributed by atoms with Crippen LogP contribution in [0, 0.1) is 17.0 Å². The van der Waals surface area contributed by atoms with Crippen LogP contribution in [0.3, 0.4) is 0 Å². The number of amides is 2. The molecule has 35 heavy (non-hydrogen) atoms. The number of carbonyl (C=O) groups excluding carboxylic acids is 2. The average Bonchev–Trinajstić information content (AvgIpc) is 3.20. The van der Waals surface area contributed by atoms with Crippen molar-refractivity contribution in [2.45, 2.75) is 38.4 Å². The molecule has 10 nitrogen and oxygen atoms in total. The summed E-state index contributed by atoms with van der Waals surface area (Å²) in [7, 11) is 0. The number of aromatic nitrogens is 3. The summed E-state index contributed by atoms with van der Waals surface area (Å²) in [5.41, 5.74) is 2.58. The maximum atomic E-state index is 12.6. The van der Waals surface area contributed by atoms with E-state index in [4.69, 9.17) is 0 Å². The summed E-state index contributed by atoms with van der Waals surface area (Å²) in [5, 5.41) is 25.4. The van der Waals surface area contributed by atoms with Gasteiger partial charge in [0, 0.05) is 29.5 Å². The molecule has 1 heterocycles. The van der Waals surface area contributed by atoms with Gasteiger partial charge < -0.3 is 15.2 Å². The molecule has 3 aromatic rings. The zero-order chi connectivity index (χ0) is 25.4. The molecule has 0 aliphatic carbocycles. The van der Waals surface area contributed by atoms with Crippen molar-refractivity contribution in [3.05, 3.63) is 82.2 Å². The summed E-state index contributed by atoms with van der Waals surface area (Å²) in [5.74, 6) is -0.114. The first-order chi connectivity index (χ1) is 16.8. The Hall–Kier alpha value is -3.99. The second-order valence-corrected chi connectivity index (χ2v) is 8.57. The predicted molar refractivity (Wildman–Crippen MR) is 136 cm³/mol. The topological polar surface area (TPSA) is 132 Å². The maximum absolute atomic E-state index is 12.6. The second kappa shape index (κ2) is 11.9. The minimum Gasteiger partial charge on any atom is -0.325 e. The van der Waals surface area contributed by atoms with Crippen molar-refractivity contribution in [2.24, 2.45) is 0 Å². The summed E-state index contributed by atoms with van der Waals surface area (Å²) < 4.78 is 1.73. The van der Waals surface area contributed by atoms with Crippen molar-refractivity contribution >= 4 is 40.6 Å². The maximum Gasteiger partial charge on any atom is 0.274 e. The lowest BCUT2D eigenvalue weighted by Gasteiger charge is -2.11. The highest BCUT2D eigenvalue weighted by Gasteiger charge is 2.18. The van der Waals surface area contributed by atoms with E-state index in [0.29, 0.717) is 28.8 Å². The number of para-hydroxylation sites is 1. The summed E-state index contributed by atoms with van der Waals surface area (Å²) in [6.07, 6.45) is 2.47. The standard InChI is InChI=1S/C24H26N6O4S/c1-4-12-29-21(14-22(31)26-19-9-7-6-8-17(19)5-2)27-28-24(29)35-15-23(32)25-18-11-10-16(3)20(13-18)30(33)34/h4,6-11,13H,1,5,12,14-15H2,2-3H3,(H,25,32)(H,26,31). The number of thioether (sulfide) groups is 1. The number of allylic oxidation sites excluding steroid dienone is 1. The average molecular weight is 495 g/mol. The molecule has 2 N–H and O–H groups in total. The zero-order valence-electron chi connectivity index (χ0n) is 19.5. The van der Waals surface area contributed by atoms with Gasteiger partial charge in [0.2, 0.25) is 11.8 Å². The predicted octanol–water partition coefficient (Wildman–Crippen LogP) is 4.16. The third kappa shape index (κ3) is 6.76. The minimum atomic E-state index is -0.490. The number of rotatable bonds is 11. The molecule has 0 saturated carbocycles. The largest absolute Gasteiger partial charge is 0.325 e. The molecular formula is C24H26N6O4S. The lowest BCUT2D eigenvalue weighted by atomic mass is 10.1. The van der Waals surface area contributed by atoms with Crippen molar-refractivity contribution in [3.8, 4) is 0 Å². The Morgan fingerprint density at radius 2 is 1.94 bits per heavy atom. The first-order valence-electron chi connectivity index (χ1n) is 10.9. The first-order valence-corrected chi connectivity index (χ1v) is 11.9. The fourth-order valence-corrected chi connectivity index (χ4v) is 4.14. The van der Waals surface area contributed by atoms with E-state index in [2.05, 4.69) is 27.4 Å².